The van der Waals surface area contributed by atoms with Gasteiger partial charge in [-0.05, 0) is 48.5 Å². The Labute approximate surface area is 412 Å². The summed E-state index contributed by atoms with van der Waals surface area (Å²) in [5, 5.41) is 14.4. The predicted molar refractivity (Wildman–Crippen MR) is 237 cm³/mol. The van der Waals surface area contributed by atoms with Gasteiger partial charge >= 0.3 is 0 Å². The molecule has 392 valence electrons. The number of hydrogen-bond acceptors (Lipinski definition) is 3. The molecule has 0 aliphatic heterocycles. The molecule has 0 atom stereocenters. The van der Waals surface area contributed by atoms with E-state index in [9.17, 15) is 67.6 Å². The summed E-state index contributed by atoms with van der Waals surface area (Å²) in [7, 11) is -2.29. The third-order valence-electron chi connectivity index (χ3n) is 12.1. The predicted octanol–water partition coefficient (Wildman–Crippen LogP) is 10.6. The Morgan fingerprint density at radius 3 is 0.763 bits per heavy atom. The molecule has 8 aromatic rings. The van der Waals surface area contributed by atoms with Gasteiger partial charge in [0.15, 0.2) is 69.8 Å². The number of hydrogen-bond donors (Lipinski definition) is 0. The SMILES string of the molecule is Fc1c(F)c(F)c([B-](c2c(F)c(F)c(F)c(F)c2F)(c2c(F)c(F)c(F)c(F)c2F)c2c(F)c(F)c(F)c(F)c2F)c(F)c1F.O=C(C[P+](c1ccccc1)(c1ccccc1)c1ccccc1)c1ccc([N+](=O)[O-])cc1. The largest absolute Gasteiger partial charge is 0.290 e. The van der Waals surface area contributed by atoms with Crippen LogP contribution in [0.15, 0.2) is 115 Å². The van der Waals surface area contributed by atoms with E-state index in [-0.39, 0.29) is 11.5 Å². The lowest BCUT2D eigenvalue weighted by atomic mass is 9.12. The van der Waals surface area contributed by atoms with E-state index in [4.69, 9.17) is 0 Å². The number of ketones is 1. The number of carbonyl (C=O) groups excluding carboxylic acids is 1. The fourth-order valence-corrected chi connectivity index (χ4v) is 12.8. The monoisotopic (exact) mass is 1110 g/mol. The molecule has 0 spiro atoms. The van der Waals surface area contributed by atoms with Gasteiger partial charge in [0, 0.05) is 17.7 Å². The second-order valence-electron chi connectivity index (χ2n) is 16.0. The first-order valence-corrected chi connectivity index (χ1v) is 22.8. The van der Waals surface area contributed by atoms with E-state index in [1.807, 2.05) is 54.6 Å². The molecule has 0 bridgehead atoms. The average Bonchev–Trinajstić information content (AvgIpc) is 3.45. The summed E-state index contributed by atoms with van der Waals surface area (Å²) < 4.78 is 294. The molecular weight excluding hydrogens is 1080 g/mol. The van der Waals surface area contributed by atoms with Crippen LogP contribution in [0.4, 0.5) is 93.5 Å². The van der Waals surface area contributed by atoms with Gasteiger partial charge in [0.25, 0.3) is 5.69 Å². The van der Waals surface area contributed by atoms with Crippen molar-refractivity contribution < 1.29 is 97.5 Å². The summed E-state index contributed by atoms with van der Waals surface area (Å²) in [5.41, 5.74) is -13.9. The molecule has 8 rings (SSSR count). The average molecular weight is 1110 g/mol. The van der Waals surface area contributed by atoms with Gasteiger partial charge in [-0.3, -0.25) is 14.9 Å². The molecule has 0 saturated carbocycles. The summed E-state index contributed by atoms with van der Waals surface area (Å²) >= 11 is 0. The van der Waals surface area contributed by atoms with Gasteiger partial charge in [0.2, 0.25) is 5.78 Å². The quantitative estimate of drug-likeness (QED) is 0.0190. The van der Waals surface area contributed by atoms with Crippen molar-refractivity contribution in [3.05, 3.63) is 247 Å². The van der Waals surface area contributed by atoms with Crippen molar-refractivity contribution >= 4 is 62.6 Å². The Morgan fingerprint density at radius 2 is 0.553 bits per heavy atom. The summed E-state index contributed by atoms with van der Waals surface area (Å²) in [6.45, 7) is 0. The van der Waals surface area contributed by atoms with Gasteiger partial charge in [-0.2, -0.15) is 0 Å². The summed E-state index contributed by atoms with van der Waals surface area (Å²) in [6, 6.07) is 36.4. The first kappa shape index (κ1) is 55.7. The van der Waals surface area contributed by atoms with Crippen LogP contribution in [0.1, 0.15) is 10.4 Å². The normalized spacial score (nSPS) is 11.6. The van der Waals surface area contributed by atoms with Crippen LogP contribution in [-0.2, 0) is 0 Å². The Kier molecular flexibility index (Phi) is 15.6. The highest BCUT2D eigenvalue weighted by Gasteiger charge is 2.53. The zero-order chi connectivity index (χ0) is 56.0. The van der Waals surface area contributed by atoms with Crippen LogP contribution in [0, 0.1) is 126 Å². The first-order valence-electron chi connectivity index (χ1n) is 20.9. The molecular formula is C50H21BF20NO3P. The lowest BCUT2D eigenvalue weighted by Gasteiger charge is -2.44. The van der Waals surface area contributed by atoms with Crippen LogP contribution in [0.3, 0.4) is 0 Å². The van der Waals surface area contributed by atoms with E-state index < -0.39 is 157 Å². The highest BCUT2D eigenvalue weighted by Crippen LogP contribution is 2.55. The van der Waals surface area contributed by atoms with Crippen molar-refractivity contribution in [1.29, 1.82) is 0 Å². The van der Waals surface area contributed by atoms with E-state index in [2.05, 4.69) is 36.4 Å². The van der Waals surface area contributed by atoms with Crippen LogP contribution in [0.5, 0.6) is 0 Å². The van der Waals surface area contributed by atoms with E-state index in [1.54, 1.807) is 12.1 Å². The second-order valence-corrected chi connectivity index (χ2v) is 19.5. The number of Topliss-reactive ketones (excluding diaryl/α,β-unsaturated/α-hetero) is 1. The maximum absolute atomic E-state index is 15.4. The van der Waals surface area contributed by atoms with Crippen LogP contribution < -0.4 is 37.8 Å². The van der Waals surface area contributed by atoms with Crippen LogP contribution in [-0.4, -0.2) is 23.0 Å². The van der Waals surface area contributed by atoms with Crippen LogP contribution >= 0.6 is 7.26 Å². The summed E-state index contributed by atoms with van der Waals surface area (Å²) in [4.78, 5) is 24.1. The van der Waals surface area contributed by atoms with Crippen LogP contribution in [0.25, 0.3) is 0 Å². The molecule has 26 heteroatoms. The third-order valence-corrected chi connectivity index (χ3v) is 16.4. The highest BCUT2D eigenvalue weighted by molar-refractivity contribution is 7.96. The smallest absolute Gasteiger partial charge is 0.269 e. The maximum atomic E-state index is 15.4. The molecule has 0 radical (unpaired) electrons. The van der Waals surface area contributed by atoms with Crippen molar-refractivity contribution in [1.82, 2.24) is 0 Å². The van der Waals surface area contributed by atoms with Crippen molar-refractivity contribution in [3.63, 3.8) is 0 Å². The Bertz CT molecular complexity index is 3140. The lowest BCUT2D eigenvalue weighted by molar-refractivity contribution is -0.384. The van der Waals surface area contributed by atoms with Crippen molar-refractivity contribution in [2.75, 3.05) is 6.16 Å². The Balaban J connectivity index is 0.000000236. The lowest BCUT2D eigenvalue weighted by Crippen LogP contribution is -2.81. The van der Waals surface area contributed by atoms with Crippen molar-refractivity contribution in [2.24, 2.45) is 0 Å². The molecule has 0 aliphatic rings. The minimum absolute atomic E-state index is 0.0215. The van der Waals surface area contributed by atoms with E-state index >= 15 is 35.1 Å². The molecule has 0 aliphatic carbocycles. The van der Waals surface area contributed by atoms with Gasteiger partial charge in [-0.15, -0.1) is 21.9 Å². The molecule has 0 fully saturated rings. The molecule has 0 N–H and O–H groups in total. The first-order chi connectivity index (χ1) is 35.8. The number of nitrogens with zero attached hydrogens (tertiary/aromatic N) is 1. The fourth-order valence-electron chi connectivity index (χ4n) is 8.72. The molecule has 0 aromatic heterocycles. The molecule has 76 heavy (non-hydrogen) atoms. The minimum Gasteiger partial charge on any atom is -0.290 e. The molecule has 0 saturated heterocycles. The number of rotatable bonds is 11. The second kappa shape index (κ2) is 21.3. The topological polar surface area (TPSA) is 60.2 Å². The van der Waals surface area contributed by atoms with Gasteiger partial charge < -0.3 is 0 Å². The Morgan fingerprint density at radius 1 is 0.342 bits per heavy atom. The van der Waals surface area contributed by atoms with Crippen molar-refractivity contribution in [2.45, 2.75) is 0 Å². The zero-order valence-corrected chi connectivity index (χ0v) is 37.8. The standard InChI is InChI=1S/C26H21NO3P.C24BF20/c28-26(21-16-18-22(19-17-21)27(29)30)20-31(23-10-4-1-5-11-23,24-12-6-2-7-13-24)25-14-8-3-9-15-25;26-5-1(6(27)14(35)21(42)13(5)34)25(2-7(28)15(36)22(43)16(37)8(2)29,3-9(30)17(38)23(44)18(39)10(3)31)4-11(32)19(40)24(45)20(41)12(4)33/h1-19H,20H2;/q+1;-1. The maximum Gasteiger partial charge on any atom is 0.269 e. The zero-order valence-electron chi connectivity index (χ0n) is 36.9. The summed E-state index contributed by atoms with van der Waals surface area (Å²) in [5.74, 6) is -71.4. The number of carbonyl (C=O) groups is 1. The number of nitro groups is 1. The van der Waals surface area contributed by atoms with Crippen LogP contribution in [0.2, 0.25) is 0 Å². The summed E-state index contributed by atoms with van der Waals surface area (Å²) in [6.07, 6.45) is -6.91. The Hall–Kier alpha value is -8.08. The number of halogens is 20. The fraction of sp³-hybridized carbons (Fsp3) is 0.0200. The van der Waals surface area contributed by atoms with Crippen molar-refractivity contribution in [3.8, 4) is 0 Å². The van der Waals surface area contributed by atoms with E-state index in [0.29, 0.717) is 11.7 Å². The molecule has 8 aromatic carbocycles. The highest BCUT2D eigenvalue weighted by atomic mass is 31.2. The molecule has 4 nitrogen and oxygen atoms in total. The van der Waals surface area contributed by atoms with E-state index in [0.717, 1.165) is 15.9 Å². The molecule has 0 heterocycles. The van der Waals surface area contributed by atoms with Gasteiger partial charge in [-0.25, -0.2) is 87.8 Å². The van der Waals surface area contributed by atoms with E-state index in [1.165, 1.54) is 12.1 Å². The number of non-ortho nitro benzene ring substituents is 1. The van der Waals surface area contributed by atoms with Gasteiger partial charge in [0.05, 0.1) is 4.92 Å². The number of nitro benzene ring substituents is 1. The third kappa shape index (κ3) is 8.88. The minimum atomic E-state index is -7.22. The van der Waals surface area contributed by atoms with Gasteiger partial charge in [-0.1, -0.05) is 54.6 Å². The molecule has 0 amide bonds. The number of benzene rings is 8. The van der Waals surface area contributed by atoms with Gasteiger partial charge in [0.1, 0.15) is 82.0 Å². The molecule has 0 unspecified atom stereocenters.